The summed E-state index contributed by atoms with van der Waals surface area (Å²) in [6, 6.07) is 0. The lowest BCUT2D eigenvalue weighted by Gasteiger charge is -2.15. The van der Waals surface area contributed by atoms with Crippen molar-refractivity contribution in [2.45, 2.75) is 21.9 Å². The van der Waals surface area contributed by atoms with Crippen LogP contribution in [0.25, 0.3) is 0 Å². The summed E-state index contributed by atoms with van der Waals surface area (Å²) in [6.07, 6.45) is 0.974. The predicted molar refractivity (Wildman–Crippen MR) is 55.2 cm³/mol. The molecule has 0 heterocycles. The van der Waals surface area contributed by atoms with Gasteiger partial charge in [0, 0.05) is 11.4 Å². The average Bonchev–Trinajstić information content (AvgIpc) is 1.85. The highest BCUT2D eigenvalue weighted by atomic mass is 79.9. The summed E-state index contributed by atoms with van der Waals surface area (Å²) >= 11 is 10.2. The maximum atomic E-state index is 8.76. The quantitative estimate of drug-likeness (QED) is 0.781. The molecule has 2 atom stereocenters. The second kappa shape index (κ2) is 5.98. The lowest BCUT2D eigenvalue weighted by atomic mass is 10.1. The molecule has 0 bridgehead atoms. The van der Waals surface area contributed by atoms with Gasteiger partial charge in [-0.1, -0.05) is 54.7 Å². The summed E-state index contributed by atoms with van der Waals surface area (Å²) < 4.78 is 0.332. The summed E-state index contributed by atoms with van der Waals surface area (Å²) in [7, 11) is 0. The van der Waals surface area contributed by atoms with Crippen LogP contribution in [0.1, 0.15) is 13.3 Å². The Kier molecular flexibility index (Phi) is 6.81. The van der Waals surface area contributed by atoms with Gasteiger partial charge in [-0.3, -0.25) is 0 Å². The molecule has 0 aromatic carbocycles. The van der Waals surface area contributed by atoms with E-state index in [1.54, 1.807) is 0 Å². The normalized spacial score (nSPS) is 17.4. The molecular formula is C6H11Br3O. The Labute approximate surface area is 87.0 Å². The zero-order valence-corrected chi connectivity index (χ0v) is 10.5. The van der Waals surface area contributed by atoms with E-state index in [0.29, 0.717) is 14.5 Å². The fourth-order valence-electron chi connectivity index (χ4n) is 0.517. The molecule has 0 amide bonds. The van der Waals surface area contributed by atoms with Crippen LogP contribution in [0.15, 0.2) is 0 Å². The molecular weight excluding hydrogens is 328 g/mol. The molecule has 0 aliphatic heterocycles. The van der Waals surface area contributed by atoms with Gasteiger partial charge in [0.2, 0.25) is 0 Å². The molecule has 0 aliphatic carbocycles. The number of hydrogen-bond acceptors (Lipinski definition) is 1. The van der Waals surface area contributed by atoms with Gasteiger partial charge in [0.1, 0.15) is 0 Å². The molecule has 0 fully saturated rings. The van der Waals surface area contributed by atoms with Gasteiger partial charge in [0.15, 0.2) is 0 Å². The number of alkyl halides is 3. The second-order valence-corrected chi connectivity index (χ2v) is 6.92. The van der Waals surface area contributed by atoms with Crippen molar-refractivity contribution in [2.24, 2.45) is 5.92 Å². The smallest absolute Gasteiger partial charge is 0.0708 e. The topological polar surface area (TPSA) is 20.2 Å². The Hall–Kier alpha value is 1.40. The van der Waals surface area contributed by atoms with Gasteiger partial charge in [0.05, 0.1) is 3.74 Å². The average molecular weight is 339 g/mol. The van der Waals surface area contributed by atoms with Crippen molar-refractivity contribution in [3.8, 4) is 0 Å². The molecule has 0 aromatic heterocycles. The zero-order valence-electron chi connectivity index (χ0n) is 5.73. The molecule has 0 radical (unpaired) electrons. The van der Waals surface area contributed by atoms with Crippen LogP contribution in [0.3, 0.4) is 0 Å². The van der Waals surface area contributed by atoms with Crippen LogP contribution in [0.5, 0.6) is 0 Å². The molecule has 0 saturated heterocycles. The number of rotatable bonds is 4. The van der Waals surface area contributed by atoms with Crippen molar-refractivity contribution in [3.05, 3.63) is 0 Å². The molecule has 10 heavy (non-hydrogen) atoms. The number of hydrogen-bond donors (Lipinski definition) is 1. The Bertz CT molecular complexity index is 87.1. The minimum absolute atomic E-state index is 0.239. The zero-order chi connectivity index (χ0) is 8.15. The van der Waals surface area contributed by atoms with Crippen molar-refractivity contribution < 1.29 is 5.11 Å². The summed E-state index contributed by atoms with van der Waals surface area (Å²) in [5, 5.41) is 8.76. The minimum Gasteiger partial charge on any atom is -0.396 e. The van der Waals surface area contributed by atoms with Crippen molar-refractivity contribution >= 4 is 47.8 Å². The van der Waals surface area contributed by atoms with E-state index < -0.39 is 0 Å². The highest BCUT2D eigenvalue weighted by Crippen LogP contribution is 2.24. The molecule has 0 rings (SSSR count). The van der Waals surface area contributed by atoms with E-state index in [1.807, 2.05) is 6.92 Å². The van der Waals surface area contributed by atoms with Crippen molar-refractivity contribution in [1.82, 2.24) is 0 Å². The number of aliphatic hydroxyl groups is 1. The van der Waals surface area contributed by atoms with Gasteiger partial charge in [-0.2, -0.15) is 0 Å². The van der Waals surface area contributed by atoms with E-state index in [0.717, 1.165) is 6.42 Å². The van der Waals surface area contributed by atoms with Crippen LogP contribution in [0, 0.1) is 5.92 Å². The molecule has 1 nitrogen and oxygen atoms in total. The summed E-state index contributed by atoms with van der Waals surface area (Å²) in [5.74, 6) is 0.317. The van der Waals surface area contributed by atoms with Crippen LogP contribution in [-0.4, -0.2) is 20.3 Å². The summed E-state index contributed by atoms with van der Waals surface area (Å²) in [5.41, 5.74) is 0. The van der Waals surface area contributed by atoms with Crippen LogP contribution in [0.4, 0.5) is 0 Å². The first-order valence-electron chi connectivity index (χ1n) is 3.11. The predicted octanol–water partition coefficient (Wildman–Crippen LogP) is 2.88. The van der Waals surface area contributed by atoms with Crippen molar-refractivity contribution in [2.75, 3.05) is 6.61 Å². The minimum atomic E-state index is 0.239. The first-order chi connectivity index (χ1) is 4.57. The van der Waals surface area contributed by atoms with Gasteiger partial charge in [-0.15, -0.1) is 0 Å². The van der Waals surface area contributed by atoms with Crippen molar-refractivity contribution in [1.29, 1.82) is 0 Å². The molecule has 0 saturated carbocycles. The SMILES string of the molecule is CC(CO)C(Br)CC(Br)Br. The monoisotopic (exact) mass is 336 g/mol. The lowest BCUT2D eigenvalue weighted by Crippen LogP contribution is -2.16. The Morgan fingerprint density at radius 3 is 2.10 bits per heavy atom. The van der Waals surface area contributed by atoms with Crippen LogP contribution >= 0.6 is 47.8 Å². The Morgan fingerprint density at radius 2 is 1.80 bits per heavy atom. The van der Waals surface area contributed by atoms with Crippen LogP contribution < -0.4 is 0 Å². The lowest BCUT2D eigenvalue weighted by molar-refractivity contribution is 0.234. The number of aliphatic hydroxyl groups excluding tert-OH is 1. The highest BCUT2D eigenvalue weighted by molar-refractivity contribution is 9.24. The van der Waals surface area contributed by atoms with E-state index in [4.69, 9.17) is 5.11 Å². The van der Waals surface area contributed by atoms with Gasteiger partial charge in [-0.05, 0) is 12.3 Å². The van der Waals surface area contributed by atoms with E-state index in [-0.39, 0.29) is 6.61 Å². The van der Waals surface area contributed by atoms with Gasteiger partial charge < -0.3 is 5.11 Å². The molecule has 0 spiro atoms. The van der Waals surface area contributed by atoms with E-state index in [2.05, 4.69) is 47.8 Å². The summed E-state index contributed by atoms with van der Waals surface area (Å²) in [6.45, 7) is 2.25. The van der Waals surface area contributed by atoms with Crippen molar-refractivity contribution in [3.63, 3.8) is 0 Å². The Balaban J connectivity index is 3.50. The second-order valence-electron chi connectivity index (χ2n) is 2.30. The van der Waals surface area contributed by atoms with Gasteiger partial charge in [-0.25, -0.2) is 0 Å². The largest absolute Gasteiger partial charge is 0.396 e. The summed E-state index contributed by atoms with van der Waals surface area (Å²) in [4.78, 5) is 0.376. The fourth-order valence-corrected chi connectivity index (χ4v) is 2.87. The van der Waals surface area contributed by atoms with E-state index in [1.165, 1.54) is 0 Å². The van der Waals surface area contributed by atoms with Gasteiger partial charge >= 0.3 is 0 Å². The third-order valence-electron chi connectivity index (χ3n) is 1.31. The van der Waals surface area contributed by atoms with Gasteiger partial charge in [0.25, 0.3) is 0 Å². The maximum absolute atomic E-state index is 8.76. The first kappa shape index (κ1) is 11.4. The Morgan fingerprint density at radius 1 is 1.30 bits per heavy atom. The number of halogens is 3. The third-order valence-corrected chi connectivity index (χ3v) is 3.33. The molecule has 1 N–H and O–H groups in total. The molecule has 4 heteroatoms. The van der Waals surface area contributed by atoms with E-state index >= 15 is 0 Å². The van der Waals surface area contributed by atoms with E-state index in [9.17, 15) is 0 Å². The highest BCUT2D eigenvalue weighted by Gasteiger charge is 2.15. The maximum Gasteiger partial charge on any atom is 0.0708 e. The molecule has 62 valence electrons. The van der Waals surface area contributed by atoms with Crippen LogP contribution in [-0.2, 0) is 0 Å². The fraction of sp³-hybridized carbons (Fsp3) is 1.00. The standard InChI is InChI=1S/C6H11Br3O/c1-4(3-10)5(7)2-6(8)9/h4-6,10H,2-3H2,1H3. The molecule has 2 unspecified atom stereocenters. The molecule has 0 aromatic rings. The first-order valence-corrected chi connectivity index (χ1v) is 5.85. The van der Waals surface area contributed by atoms with Crippen LogP contribution in [0.2, 0.25) is 0 Å². The third kappa shape index (κ3) is 5.10. The molecule has 0 aliphatic rings.